The third-order valence-electron chi connectivity index (χ3n) is 3.51. The molecule has 0 aliphatic heterocycles. The van der Waals surface area contributed by atoms with Crippen LogP contribution >= 0.6 is 7.14 Å². The van der Waals surface area contributed by atoms with Crippen molar-refractivity contribution < 1.29 is 8.96 Å². The molecule has 0 aliphatic rings. The average molecular weight is 293 g/mol. The number of nitrogens with zero attached hydrogens (tertiary/aromatic N) is 1. The van der Waals surface area contributed by atoms with E-state index < -0.39 is 7.14 Å². The first-order valence-corrected chi connectivity index (χ1v) is 9.53. The van der Waals surface area contributed by atoms with Gasteiger partial charge in [0, 0.05) is 16.4 Å². The summed E-state index contributed by atoms with van der Waals surface area (Å²) >= 11 is 0. The SMILES string of the molecule is CCc1ccc2c(P(C)(C)=O)c(C(C)C)cc(F)c2n1. The Labute approximate surface area is 119 Å². The summed E-state index contributed by atoms with van der Waals surface area (Å²) in [5.41, 5.74) is 2.02. The number of fused-ring (bicyclic) bond motifs is 1. The van der Waals surface area contributed by atoms with Crippen LogP contribution in [-0.2, 0) is 11.0 Å². The molecular weight excluding hydrogens is 272 g/mol. The smallest absolute Gasteiger partial charge is 0.149 e. The van der Waals surface area contributed by atoms with Crippen LogP contribution in [0.4, 0.5) is 4.39 Å². The molecule has 108 valence electrons. The molecule has 1 aromatic carbocycles. The molecule has 1 aromatic heterocycles. The largest absolute Gasteiger partial charge is 0.319 e. The molecule has 0 atom stereocenters. The number of aryl methyl sites for hydroxylation is 1. The second-order valence-corrected chi connectivity index (χ2v) is 9.00. The van der Waals surface area contributed by atoms with Crippen molar-refractivity contribution in [2.75, 3.05) is 13.3 Å². The van der Waals surface area contributed by atoms with E-state index in [1.54, 1.807) is 13.3 Å². The van der Waals surface area contributed by atoms with Crippen molar-refractivity contribution in [1.29, 1.82) is 0 Å². The van der Waals surface area contributed by atoms with Crippen LogP contribution in [0.2, 0.25) is 0 Å². The lowest BCUT2D eigenvalue weighted by Crippen LogP contribution is -2.15. The van der Waals surface area contributed by atoms with E-state index in [1.807, 2.05) is 32.9 Å². The molecule has 4 heteroatoms. The van der Waals surface area contributed by atoms with Crippen molar-refractivity contribution in [3.8, 4) is 0 Å². The number of hydrogen-bond donors (Lipinski definition) is 0. The van der Waals surface area contributed by atoms with Gasteiger partial charge in [-0.15, -0.1) is 0 Å². The van der Waals surface area contributed by atoms with E-state index in [4.69, 9.17) is 0 Å². The van der Waals surface area contributed by atoms with E-state index in [-0.39, 0.29) is 11.7 Å². The first-order chi connectivity index (χ1) is 9.25. The molecular formula is C16H21FNOP. The van der Waals surface area contributed by atoms with Crippen LogP contribution < -0.4 is 5.30 Å². The van der Waals surface area contributed by atoms with E-state index in [9.17, 15) is 8.96 Å². The zero-order valence-corrected chi connectivity index (χ0v) is 13.6. The molecule has 1 heterocycles. The van der Waals surface area contributed by atoms with Crippen LogP contribution in [0.25, 0.3) is 10.9 Å². The van der Waals surface area contributed by atoms with E-state index in [0.29, 0.717) is 10.9 Å². The van der Waals surface area contributed by atoms with E-state index in [2.05, 4.69) is 4.98 Å². The molecule has 20 heavy (non-hydrogen) atoms. The van der Waals surface area contributed by atoms with Gasteiger partial charge in [-0.3, -0.25) is 0 Å². The predicted molar refractivity (Wildman–Crippen MR) is 84.3 cm³/mol. The summed E-state index contributed by atoms with van der Waals surface area (Å²) in [5.74, 6) is -0.195. The predicted octanol–water partition coefficient (Wildman–Crippen LogP) is 4.31. The Morgan fingerprint density at radius 3 is 2.45 bits per heavy atom. The van der Waals surface area contributed by atoms with Gasteiger partial charge in [0.25, 0.3) is 0 Å². The molecule has 0 saturated carbocycles. The molecule has 0 spiro atoms. The maximum atomic E-state index is 14.3. The first-order valence-electron chi connectivity index (χ1n) is 6.93. The van der Waals surface area contributed by atoms with Crippen LogP contribution in [-0.4, -0.2) is 18.3 Å². The highest BCUT2D eigenvalue weighted by molar-refractivity contribution is 7.70. The molecule has 2 nitrogen and oxygen atoms in total. The van der Waals surface area contributed by atoms with Gasteiger partial charge < -0.3 is 4.57 Å². The fraction of sp³-hybridized carbons (Fsp3) is 0.438. The Bertz CT molecular complexity index is 703. The van der Waals surface area contributed by atoms with Crippen molar-refractivity contribution in [2.24, 2.45) is 0 Å². The molecule has 0 bridgehead atoms. The van der Waals surface area contributed by atoms with Gasteiger partial charge in [0.1, 0.15) is 18.5 Å². The minimum absolute atomic E-state index is 0.128. The summed E-state index contributed by atoms with van der Waals surface area (Å²) in [7, 11) is -2.51. The Morgan fingerprint density at radius 1 is 1.30 bits per heavy atom. The molecule has 0 radical (unpaired) electrons. The zero-order chi connectivity index (χ0) is 15.1. The van der Waals surface area contributed by atoms with Gasteiger partial charge in [-0.1, -0.05) is 26.8 Å². The number of benzene rings is 1. The Balaban J connectivity index is 2.94. The summed E-state index contributed by atoms with van der Waals surface area (Å²) in [6.45, 7) is 9.44. The van der Waals surface area contributed by atoms with Crippen LogP contribution in [0, 0.1) is 5.82 Å². The van der Waals surface area contributed by atoms with Crippen LogP contribution in [0.3, 0.4) is 0 Å². The standard InChI is InChI=1S/C16H21FNOP/c1-6-11-7-8-12-15(18-11)14(17)9-13(10(2)3)16(12)20(4,5)19/h7-10H,6H2,1-5H3. The molecule has 2 rings (SSSR count). The topological polar surface area (TPSA) is 30.0 Å². The molecule has 0 N–H and O–H groups in total. The summed E-state index contributed by atoms with van der Waals surface area (Å²) in [6.07, 6.45) is 0.757. The molecule has 0 aliphatic carbocycles. The van der Waals surface area contributed by atoms with Gasteiger partial charge in [0.2, 0.25) is 0 Å². The van der Waals surface area contributed by atoms with Gasteiger partial charge >= 0.3 is 0 Å². The first kappa shape index (κ1) is 15.2. The van der Waals surface area contributed by atoms with Crippen molar-refractivity contribution in [3.05, 3.63) is 35.3 Å². The zero-order valence-electron chi connectivity index (χ0n) is 12.7. The molecule has 0 saturated heterocycles. The highest BCUT2D eigenvalue weighted by Crippen LogP contribution is 2.41. The highest BCUT2D eigenvalue weighted by atomic mass is 31.2. The van der Waals surface area contributed by atoms with Gasteiger partial charge in [-0.25, -0.2) is 9.37 Å². The Kier molecular flexibility index (Phi) is 4.02. The summed E-state index contributed by atoms with van der Waals surface area (Å²) in [6, 6.07) is 5.27. The molecule has 0 amide bonds. The van der Waals surface area contributed by atoms with E-state index in [0.717, 1.165) is 23.0 Å². The van der Waals surface area contributed by atoms with Crippen molar-refractivity contribution in [2.45, 2.75) is 33.1 Å². The lowest BCUT2D eigenvalue weighted by molar-refractivity contribution is 0.588. The van der Waals surface area contributed by atoms with Crippen LogP contribution in [0.1, 0.15) is 37.9 Å². The van der Waals surface area contributed by atoms with E-state index in [1.165, 1.54) is 6.07 Å². The molecule has 0 unspecified atom stereocenters. The fourth-order valence-electron chi connectivity index (χ4n) is 2.54. The van der Waals surface area contributed by atoms with Gasteiger partial charge in [0.15, 0.2) is 0 Å². The summed E-state index contributed by atoms with van der Waals surface area (Å²) in [4.78, 5) is 4.37. The van der Waals surface area contributed by atoms with Crippen LogP contribution in [0.5, 0.6) is 0 Å². The van der Waals surface area contributed by atoms with Gasteiger partial charge in [-0.2, -0.15) is 0 Å². The quantitative estimate of drug-likeness (QED) is 0.789. The van der Waals surface area contributed by atoms with Crippen LogP contribution in [0.15, 0.2) is 18.2 Å². The van der Waals surface area contributed by atoms with Gasteiger partial charge in [0.05, 0.1) is 0 Å². The van der Waals surface area contributed by atoms with E-state index >= 15 is 0 Å². The number of aromatic nitrogens is 1. The number of pyridine rings is 1. The minimum atomic E-state index is -2.51. The lowest BCUT2D eigenvalue weighted by Gasteiger charge is -2.19. The lowest BCUT2D eigenvalue weighted by atomic mass is 10.00. The second kappa shape index (κ2) is 5.29. The normalized spacial score (nSPS) is 12.3. The molecule has 2 aromatic rings. The van der Waals surface area contributed by atoms with Crippen molar-refractivity contribution in [3.63, 3.8) is 0 Å². The Morgan fingerprint density at radius 2 is 1.95 bits per heavy atom. The fourth-order valence-corrected chi connectivity index (χ4v) is 4.24. The number of hydrogen-bond acceptors (Lipinski definition) is 2. The Hall–Kier alpha value is -1.21. The maximum Gasteiger partial charge on any atom is 0.149 e. The monoisotopic (exact) mass is 293 g/mol. The second-order valence-electron chi connectivity index (χ2n) is 5.85. The van der Waals surface area contributed by atoms with Crippen molar-refractivity contribution >= 4 is 23.3 Å². The number of halogens is 1. The molecule has 0 fully saturated rings. The van der Waals surface area contributed by atoms with Crippen molar-refractivity contribution in [1.82, 2.24) is 4.98 Å². The third-order valence-corrected chi connectivity index (χ3v) is 5.09. The third kappa shape index (κ3) is 2.64. The maximum absolute atomic E-state index is 14.3. The summed E-state index contributed by atoms with van der Waals surface area (Å²) < 4.78 is 27.0. The minimum Gasteiger partial charge on any atom is -0.319 e. The number of rotatable bonds is 3. The van der Waals surface area contributed by atoms with Gasteiger partial charge in [-0.05, 0) is 43.4 Å². The summed E-state index contributed by atoms with van der Waals surface area (Å²) in [5, 5.41) is 1.47. The average Bonchev–Trinajstić information content (AvgIpc) is 2.36. The highest BCUT2D eigenvalue weighted by Gasteiger charge is 2.23.